The molecule has 1 fully saturated rings. The Morgan fingerprint density at radius 2 is 1.97 bits per heavy atom. The van der Waals surface area contributed by atoms with Gasteiger partial charge in [0, 0.05) is 11.3 Å². The van der Waals surface area contributed by atoms with Crippen molar-refractivity contribution in [3.05, 3.63) is 47.7 Å². The quantitative estimate of drug-likeness (QED) is 0.677. The molecule has 0 bridgehead atoms. The fraction of sp³-hybridized carbons (Fsp3) is 0.455. The molecule has 1 aliphatic heterocycles. The Labute approximate surface area is 188 Å². The van der Waals surface area contributed by atoms with Crippen LogP contribution in [0.3, 0.4) is 0 Å². The summed E-state index contributed by atoms with van der Waals surface area (Å²) in [6.45, 7) is 3.95. The number of ether oxygens (including phenoxy) is 2. The molecule has 176 valence electrons. The van der Waals surface area contributed by atoms with Crippen molar-refractivity contribution in [1.29, 1.82) is 0 Å². The van der Waals surface area contributed by atoms with Gasteiger partial charge in [0.25, 0.3) is 11.9 Å². The van der Waals surface area contributed by atoms with Gasteiger partial charge in [0.15, 0.2) is 0 Å². The number of aliphatic imine (C=N–C) groups is 1. The molecule has 3 N–H and O–H groups in total. The zero-order valence-corrected chi connectivity index (χ0v) is 18.4. The topological polar surface area (TPSA) is 112 Å². The van der Waals surface area contributed by atoms with E-state index in [-0.39, 0.29) is 11.4 Å². The predicted octanol–water partition coefficient (Wildman–Crippen LogP) is 3.63. The summed E-state index contributed by atoms with van der Waals surface area (Å²) in [6.07, 6.45) is 4.82. The van der Waals surface area contributed by atoms with Crippen LogP contribution in [-0.2, 0) is 10.3 Å². The number of amidine groups is 1. The number of carbonyl (C=O) groups excluding carboxylic acids is 1. The summed E-state index contributed by atoms with van der Waals surface area (Å²) < 4.78 is 56.0. The number of amides is 1. The first kappa shape index (κ1) is 22.8. The number of halogens is 3. The highest BCUT2D eigenvalue weighted by atomic mass is 19.3. The van der Waals surface area contributed by atoms with Crippen LogP contribution in [0.25, 0.3) is 0 Å². The maximum absolute atomic E-state index is 15.3. The molecule has 1 saturated carbocycles. The Hall–Kier alpha value is -3.37. The smallest absolute Gasteiger partial charge is 0.315 e. The second kappa shape index (κ2) is 7.89. The van der Waals surface area contributed by atoms with Gasteiger partial charge in [-0.15, -0.1) is 0 Å². The van der Waals surface area contributed by atoms with Gasteiger partial charge in [-0.25, -0.2) is 19.4 Å². The number of alkyl halides is 2. The van der Waals surface area contributed by atoms with Crippen molar-refractivity contribution in [3.8, 4) is 5.88 Å². The van der Waals surface area contributed by atoms with Crippen LogP contribution in [-0.4, -0.2) is 40.0 Å². The summed E-state index contributed by atoms with van der Waals surface area (Å²) in [6, 6.07) is 2.80. The number of carbonyl (C=O) groups is 1. The van der Waals surface area contributed by atoms with Crippen molar-refractivity contribution in [2.24, 2.45) is 16.6 Å². The second-order valence-electron chi connectivity index (χ2n) is 8.86. The molecule has 8 nitrogen and oxygen atoms in total. The average molecular weight is 463 g/mol. The van der Waals surface area contributed by atoms with Gasteiger partial charge in [0.05, 0.1) is 19.0 Å². The standard InChI is InChI=1S/C22H24F3N5O3/c1-20(2)22(24,25)21(3,33-19(26)30-20)14-8-13(6-7-15(14)23)29-18(31)16-9-28-17(10-27-16)32-11-12-4-5-12/h6-10,12H,4-5,11H2,1-3H3,(H2,26,30)(H,29,31)/t21-/m1/s1. The highest BCUT2D eigenvalue weighted by Crippen LogP contribution is 2.51. The maximum atomic E-state index is 15.3. The van der Waals surface area contributed by atoms with E-state index < -0.39 is 40.4 Å². The number of nitrogens with one attached hydrogen (secondary N) is 1. The van der Waals surface area contributed by atoms with E-state index >= 15 is 8.78 Å². The molecular weight excluding hydrogens is 439 g/mol. The first-order valence-corrected chi connectivity index (χ1v) is 10.4. The van der Waals surface area contributed by atoms with Gasteiger partial charge in [-0.05, 0) is 57.7 Å². The third-order valence-corrected chi connectivity index (χ3v) is 5.83. The minimum Gasteiger partial charge on any atom is -0.476 e. The third kappa shape index (κ3) is 4.19. The summed E-state index contributed by atoms with van der Waals surface area (Å²) in [7, 11) is 0. The van der Waals surface area contributed by atoms with E-state index in [1.807, 2.05) is 0 Å². The van der Waals surface area contributed by atoms with Crippen LogP contribution in [0.4, 0.5) is 18.9 Å². The largest absolute Gasteiger partial charge is 0.476 e. The molecule has 1 aliphatic carbocycles. The minimum atomic E-state index is -3.63. The van der Waals surface area contributed by atoms with Gasteiger partial charge in [-0.1, -0.05) is 0 Å². The lowest BCUT2D eigenvalue weighted by Crippen LogP contribution is -2.62. The van der Waals surface area contributed by atoms with Gasteiger partial charge in [-0.2, -0.15) is 8.78 Å². The van der Waals surface area contributed by atoms with Crippen LogP contribution in [0.2, 0.25) is 0 Å². The fourth-order valence-corrected chi connectivity index (χ4v) is 3.61. The van der Waals surface area contributed by atoms with Gasteiger partial charge in [0.1, 0.15) is 17.1 Å². The number of nitrogens with zero attached hydrogens (tertiary/aromatic N) is 3. The molecule has 1 amide bonds. The van der Waals surface area contributed by atoms with Crippen LogP contribution in [0, 0.1) is 11.7 Å². The number of anilines is 1. The van der Waals surface area contributed by atoms with Crippen LogP contribution >= 0.6 is 0 Å². The Bertz CT molecular complexity index is 1100. The SMILES string of the molecule is CC1(C)N=C(N)O[C@](C)(c2cc(NC(=O)c3cnc(OCC4CC4)cn3)ccc2F)C1(F)F. The van der Waals surface area contributed by atoms with E-state index in [1.54, 1.807) is 0 Å². The summed E-state index contributed by atoms with van der Waals surface area (Å²) in [5.41, 5.74) is 0.761. The zero-order valence-electron chi connectivity index (χ0n) is 18.4. The van der Waals surface area contributed by atoms with Crippen molar-refractivity contribution in [2.75, 3.05) is 11.9 Å². The molecule has 0 saturated heterocycles. The second-order valence-corrected chi connectivity index (χ2v) is 8.86. The first-order valence-electron chi connectivity index (χ1n) is 10.4. The highest BCUT2D eigenvalue weighted by molar-refractivity contribution is 6.02. The lowest BCUT2D eigenvalue weighted by molar-refractivity contribution is -0.215. The van der Waals surface area contributed by atoms with Gasteiger partial charge < -0.3 is 20.5 Å². The number of hydrogen-bond acceptors (Lipinski definition) is 7. The molecule has 1 aromatic heterocycles. The van der Waals surface area contributed by atoms with Gasteiger partial charge in [-0.3, -0.25) is 4.79 Å². The number of aromatic nitrogens is 2. The molecule has 11 heteroatoms. The summed E-state index contributed by atoms with van der Waals surface area (Å²) in [5.74, 6) is -4.39. The van der Waals surface area contributed by atoms with Gasteiger partial charge in [0.2, 0.25) is 11.5 Å². The van der Waals surface area contributed by atoms with Crippen LogP contribution in [0.1, 0.15) is 49.7 Å². The monoisotopic (exact) mass is 463 g/mol. The number of benzene rings is 1. The van der Waals surface area contributed by atoms with Crippen molar-refractivity contribution in [2.45, 2.75) is 50.7 Å². The highest BCUT2D eigenvalue weighted by Gasteiger charge is 2.66. The molecule has 2 aromatic rings. The van der Waals surface area contributed by atoms with E-state index in [1.165, 1.54) is 32.3 Å². The lowest BCUT2D eigenvalue weighted by Gasteiger charge is -2.47. The molecule has 33 heavy (non-hydrogen) atoms. The Kier molecular flexibility index (Phi) is 5.45. The molecule has 0 unspecified atom stereocenters. The Balaban J connectivity index is 1.56. The summed E-state index contributed by atoms with van der Waals surface area (Å²) >= 11 is 0. The van der Waals surface area contributed by atoms with Gasteiger partial charge >= 0.3 is 5.92 Å². The molecule has 2 heterocycles. The number of rotatable bonds is 6. The summed E-state index contributed by atoms with van der Waals surface area (Å²) in [5, 5.41) is 2.51. The molecule has 1 aromatic carbocycles. The zero-order chi connectivity index (χ0) is 24.0. The molecule has 0 radical (unpaired) electrons. The Morgan fingerprint density at radius 1 is 1.24 bits per heavy atom. The minimum absolute atomic E-state index is 0.0254. The maximum Gasteiger partial charge on any atom is 0.315 e. The Morgan fingerprint density at radius 3 is 2.61 bits per heavy atom. The number of nitrogens with two attached hydrogens (primary N) is 1. The molecule has 1 atom stereocenters. The fourth-order valence-electron chi connectivity index (χ4n) is 3.61. The van der Waals surface area contributed by atoms with Crippen LogP contribution < -0.4 is 15.8 Å². The molecule has 2 aliphatic rings. The van der Waals surface area contributed by atoms with E-state index in [0.29, 0.717) is 18.4 Å². The van der Waals surface area contributed by atoms with Crippen molar-refractivity contribution >= 4 is 17.6 Å². The van der Waals surface area contributed by atoms with E-state index in [9.17, 15) is 9.18 Å². The lowest BCUT2D eigenvalue weighted by atomic mass is 9.78. The third-order valence-electron chi connectivity index (χ3n) is 5.83. The molecule has 0 spiro atoms. The van der Waals surface area contributed by atoms with E-state index in [0.717, 1.165) is 31.9 Å². The summed E-state index contributed by atoms with van der Waals surface area (Å²) in [4.78, 5) is 24.3. The normalized spacial score (nSPS) is 23.3. The van der Waals surface area contributed by atoms with E-state index in [4.69, 9.17) is 15.2 Å². The predicted molar refractivity (Wildman–Crippen MR) is 114 cm³/mol. The molecular formula is C22H24F3N5O3. The molecule has 4 rings (SSSR count). The van der Waals surface area contributed by atoms with Crippen LogP contribution in [0.15, 0.2) is 35.6 Å². The average Bonchev–Trinajstić information content (AvgIpc) is 3.57. The van der Waals surface area contributed by atoms with Crippen LogP contribution in [0.5, 0.6) is 5.88 Å². The van der Waals surface area contributed by atoms with Crippen molar-refractivity contribution in [3.63, 3.8) is 0 Å². The van der Waals surface area contributed by atoms with Crippen molar-refractivity contribution in [1.82, 2.24) is 9.97 Å². The number of hydrogen-bond donors (Lipinski definition) is 2. The van der Waals surface area contributed by atoms with E-state index in [2.05, 4.69) is 20.3 Å². The van der Waals surface area contributed by atoms with Crippen molar-refractivity contribution < 1.29 is 27.4 Å². The first-order chi connectivity index (χ1) is 15.4.